The van der Waals surface area contributed by atoms with Crippen LogP contribution in [0.1, 0.15) is 41.0 Å². The molecular formula is C13H19NO3. The van der Waals surface area contributed by atoms with Crippen molar-refractivity contribution >= 4 is 5.97 Å². The molecule has 0 bridgehead atoms. The molecule has 0 radical (unpaired) electrons. The van der Waals surface area contributed by atoms with E-state index in [2.05, 4.69) is 4.57 Å². The van der Waals surface area contributed by atoms with E-state index in [0.717, 1.165) is 43.8 Å². The van der Waals surface area contributed by atoms with Crippen molar-refractivity contribution in [2.75, 3.05) is 6.61 Å². The number of ether oxygens (including phenoxy) is 1. The molecule has 94 valence electrons. The van der Waals surface area contributed by atoms with Crippen LogP contribution in [0.25, 0.3) is 0 Å². The lowest BCUT2D eigenvalue weighted by Crippen LogP contribution is -2.12. The number of hydrogen-bond acceptors (Lipinski definition) is 2. The molecule has 1 aliphatic heterocycles. The Morgan fingerprint density at radius 2 is 2.35 bits per heavy atom. The molecule has 1 saturated heterocycles. The molecule has 0 amide bonds. The van der Waals surface area contributed by atoms with Gasteiger partial charge in [-0.1, -0.05) is 0 Å². The lowest BCUT2D eigenvalue weighted by atomic mass is 10.2. The smallest absolute Gasteiger partial charge is 0.337 e. The molecule has 17 heavy (non-hydrogen) atoms. The first kappa shape index (κ1) is 12.2. The molecule has 0 spiro atoms. The SMILES string of the molecule is Cc1cc(C(=O)O)c(C)n1CCC1CCCO1. The molecule has 1 atom stereocenters. The summed E-state index contributed by atoms with van der Waals surface area (Å²) in [5.74, 6) is -0.846. The molecule has 2 heterocycles. The number of nitrogens with zero attached hydrogens (tertiary/aromatic N) is 1. The third kappa shape index (κ3) is 2.52. The minimum Gasteiger partial charge on any atom is -0.478 e. The van der Waals surface area contributed by atoms with Gasteiger partial charge in [-0.25, -0.2) is 4.79 Å². The summed E-state index contributed by atoms with van der Waals surface area (Å²) in [5, 5.41) is 9.05. The Hall–Kier alpha value is -1.29. The Labute approximate surface area is 101 Å². The third-order valence-electron chi connectivity index (χ3n) is 3.50. The van der Waals surface area contributed by atoms with E-state index < -0.39 is 5.97 Å². The van der Waals surface area contributed by atoms with E-state index in [-0.39, 0.29) is 0 Å². The maximum atomic E-state index is 11.0. The van der Waals surface area contributed by atoms with Crippen molar-refractivity contribution in [2.24, 2.45) is 0 Å². The van der Waals surface area contributed by atoms with Crippen LogP contribution in [0.5, 0.6) is 0 Å². The minimum atomic E-state index is -0.846. The Balaban J connectivity index is 2.07. The number of aromatic carboxylic acids is 1. The van der Waals surface area contributed by atoms with Crippen LogP contribution in [0.2, 0.25) is 0 Å². The fourth-order valence-electron chi connectivity index (χ4n) is 2.51. The molecule has 0 aliphatic carbocycles. The number of aromatic nitrogens is 1. The first-order chi connectivity index (χ1) is 8.09. The van der Waals surface area contributed by atoms with Gasteiger partial charge in [0.15, 0.2) is 0 Å². The van der Waals surface area contributed by atoms with Crippen molar-refractivity contribution in [3.63, 3.8) is 0 Å². The zero-order valence-electron chi connectivity index (χ0n) is 10.4. The normalized spacial score (nSPS) is 19.8. The van der Waals surface area contributed by atoms with Crippen molar-refractivity contribution in [3.8, 4) is 0 Å². The zero-order valence-corrected chi connectivity index (χ0v) is 10.4. The van der Waals surface area contributed by atoms with Crippen LogP contribution in [0.15, 0.2) is 6.07 Å². The molecule has 1 fully saturated rings. The molecule has 1 aromatic heterocycles. The van der Waals surface area contributed by atoms with Crippen molar-refractivity contribution in [1.82, 2.24) is 4.57 Å². The predicted octanol–water partition coefficient (Wildman–Crippen LogP) is 2.37. The van der Waals surface area contributed by atoms with E-state index in [0.29, 0.717) is 11.7 Å². The number of carboxylic acid groups (broad SMARTS) is 1. The molecule has 0 aromatic carbocycles. The second kappa shape index (κ2) is 4.92. The Morgan fingerprint density at radius 1 is 1.59 bits per heavy atom. The van der Waals surface area contributed by atoms with Gasteiger partial charge >= 0.3 is 5.97 Å². The van der Waals surface area contributed by atoms with E-state index in [1.54, 1.807) is 6.07 Å². The predicted molar refractivity (Wildman–Crippen MR) is 64.5 cm³/mol. The first-order valence-electron chi connectivity index (χ1n) is 6.11. The maximum absolute atomic E-state index is 11.0. The fourth-order valence-corrected chi connectivity index (χ4v) is 2.51. The minimum absolute atomic E-state index is 0.351. The van der Waals surface area contributed by atoms with Gasteiger partial charge < -0.3 is 14.4 Å². The molecule has 2 rings (SSSR count). The highest BCUT2D eigenvalue weighted by molar-refractivity contribution is 5.89. The van der Waals surface area contributed by atoms with Gasteiger partial charge in [0, 0.05) is 24.5 Å². The Morgan fingerprint density at radius 3 is 2.88 bits per heavy atom. The Kier molecular flexibility index (Phi) is 3.52. The average molecular weight is 237 g/mol. The fraction of sp³-hybridized carbons (Fsp3) is 0.615. The molecular weight excluding hydrogens is 218 g/mol. The third-order valence-corrected chi connectivity index (χ3v) is 3.50. The van der Waals surface area contributed by atoms with Gasteiger partial charge in [-0.2, -0.15) is 0 Å². The van der Waals surface area contributed by atoms with Crippen molar-refractivity contribution < 1.29 is 14.6 Å². The van der Waals surface area contributed by atoms with E-state index in [4.69, 9.17) is 9.84 Å². The number of carbonyl (C=O) groups is 1. The van der Waals surface area contributed by atoms with Crippen LogP contribution < -0.4 is 0 Å². The molecule has 1 aliphatic rings. The highest BCUT2D eigenvalue weighted by atomic mass is 16.5. The maximum Gasteiger partial charge on any atom is 0.337 e. The van der Waals surface area contributed by atoms with Crippen LogP contribution in [0, 0.1) is 13.8 Å². The summed E-state index contributed by atoms with van der Waals surface area (Å²) >= 11 is 0. The molecule has 1 aromatic rings. The topological polar surface area (TPSA) is 51.5 Å². The van der Waals surface area contributed by atoms with Crippen LogP contribution in [-0.4, -0.2) is 28.4 Å². The largest absolute Gasteiger partial charge is 0.478 e. The van der Waals surface area contributed by atoms with Gasteiger partial charge in [0.25, 0.3) is 0 Å². The van der Waals surface area contributed by atoms with E-state index in [1.165, 1.54) is 0 Å². The van der Waals surface area contributed by atoms with Gasteiger partial charge in [-0.3, -0.25) is 0 Å². The van der Waals surface area contributed by atoms with Gasteiger partial charge in [0.2, 0.25) is 0 Å². The van der Waals surface area contributed by atoms with Crippen LogP contribution >= 0.6 is 0 Å². The van der Waals surface area contributed by atoms with Gasteiger partial charge in [0.05, 0.1) is 11.7 Å². The number of rotatable bonds is 4. The van der Waals surface area contributed by atoms with Crippen LogP contribution in [0.4, 0.5) is 0 Å². The standard InChI is InChI=1S/C13H19NO3/c1-9-8-12(13(15)16)10(2)14(9)6-5-11-4-3-7-17-11/h8,11H,3-7H2,1-2H3,(H,15,16). The quantitative estimate of drug-likeness (QED) is 0.874. The van der Waals surface area contributed by atoms with Crippen molar-refractivity contribution in [3.05, 3.63) is 23.0 Å². The van der Waals surface area contributed by atoms with Crippen molar-refractivity contribution in [2.45, 2.75) is 45.8 Å². The summed E-state index contributed by atoms with van der Waals surface area (Å²) in [6.07, 6.45) is 3.60. The molecule has 4 heteroatoms. The lowest BCUT2D eigenvalue weighted by Gasteiger charge is -2.13. The van der Waals surface area contributed by atoms with Crippen LogP contribution in [-0.2, 0) is 11.3 Å². The highest BCUT2D eigenvalue weighted by Gasteiger charge is 2.18. The van der Waals surface area contributed by atoms with Crippen molar-refractivity contribution in [1.29, 1.82) is 0 Å². The zero-order chi connectivity index (χ0) is 12.4. The molecule has 4 nitrogen and oxygen atoms in total. The summed E-state index contributed by atoms with van der Waals surface area (Å²) in [7, 11) is 0. The lowest BCUT2D eigenvalue weighted by molar-refractivity contribution is 0.0696. The second-order valence-corrected chi connectivity index (χ2v) is 4.67. The van der Waals surface area contributed by atoms with Gasteiger partial charge in [0.1, 0.15) is 0 Å². The monoisotopic (exact) mass is 237 g/mol. The summed E-state index contributed by atoms with van der Waals surface area (Å²) in [6.45, 7) is 5.53. The van der Waals surface area contributed by atoms with E-state index in [9.17, 15) is 4.79 Å². The van der Waals surface area contributed by atoms with Gasteiger partial charge in [-0.05, 0) is 39.2 Å². The summed E-state index contributed by atoms with van der Waals surface area (Å²) in [5.41, 5.74) is 2.26. The molecule has 1 unspecified atom stereocenters. The second-order valence-electron chi connectivity index (χ2n) is 4.67. The number of aryl methyl sites for hydroxylation is 1. The number of carboxylic acids is 1. The number of hydrogen-bond donors (Lipinski definition) is 1. The van der Waals surface area contributed by atoms with E-state index in [1.807, 2.05) is 13.8 Å². The first-order valence-corrected chi connectivity index (χ1v) is 6.11. The molecule has 1 N–H and O–H groups in total. The highest BCUT2D eigenvalue weighted by Crippen LogP contribution is 2.20. The van der Waals surface area contributed by atoms with Gasteiger partial charge in [-0.15, -0.1) is 0 Å². The Bertz CT molecular complexity index is 417. The summed E-state index contributed by atoms with van der Waals surface area (Å²) in [4.78, 5) is 11.0. The average Bonchev–Trinajstić information content (AvgIpc) is 2.86. The summed E-state index contributed by atoms with van der Waals surface area (Å²) < 4.78 is 7.65. The molecule has 0 saturated carbocycles. The van der Waals surface area contributed by atoms with E-state index >= 15 is 0 Å². The van der Waals surface area contributed by atoms with Crippen LogP contribution in [0.3, 0.4) is 0 Å². The summed E-state index contributed by atoms with van der Waals surface area (Å²) in [6, 6.07) is 1.74.